The summed E-state index contributed by atoms with van der Waals surface area (Å²) in [4.78, 5) is 3.46. The largest absolute Gasteiger partial charge is 0.534 e. The second kappa shape index (κ2) is 5.12. The van der Waals surface area contributed by atoms with Gasteiger partial charge in [-0.25, -0.2) is 4.98 Å². The van der Waals surface area contributed by atoms with Crippen LogP contribution in [-0.4, -0.2) is 18.9 Å². The van der Waals surface area contributed by atoms with E-state index in [2.05, 4.69) is 9.17 Å². The first-order valence-electron chi connectivity index (χ1n) is 5.32. The summed E-state index contributed by atoms with van der Waals surface area (Å²) in [7, 11) is -5.71. The van der Waals surface area contributed by atoms with E-state index in [1.165, 1.54) is 12.3 Å². The molecule has 0 N–H and O–H groups in total. The summed E-state index contributed by atoms with van der Waals surface area (Å²) < 4.78 is 62.3. The lowest BCUT2D eigenvalue weighted by Gasteiger charge is -2.09. The molecule has 0 bridgehead atoms. The number of nitrogens with zero attached hydrogens (tertiary/aromatic N) is 1. The van der Waals surface area contributed by atoms with Crippen molar-refractivity contribution in [3.05, 3.63) is 48.7 Å². The van der Waals surface area contributed by atoms with Crippen LogP contribution in [-0.2, 0) is 10.1 Å². The average molecular weight is 303 g/mol. The van der Waals surface area contributed by atoms with E-state index in [0.29, 0.717) is 11.1 Å². The third-order valence-electron chi connectivity index (χ3n) is 2.32. The fraction of sp³-hybridized carbons (Fsp3) is 0.0833. The zero-order chi connectivity index (χ0) is 14.8. The molecule has 2 aromatic rings. The normalized spacial score (nSPS) is 12.2. The molecule has 1 heterocycles. The molecule has 0 aliphatic carbocycles. The van der Waals surface area contributed by atoms with E-state index in [9.17, 15) is 21.6 Å². The lowest BCUT2D eigenvalue weighted by atomic mass is 10.1. The summed E-state index contributed by atoms with van der Waals surface area (Å²) in [5.41, 5.74) is -4.30. The van der Waals surface area contributed by atoms with E-state index in [4.69, 9.17) is 0 Å². The summed E-state index contributed by atoms with van der Waals surface area (Å²) in [5, 5.41) is 0. The molecule has 0 amide bonds. The molecule has 0 spiro atoms. The molecule has 0 aliphatic heterocycles. The summed E-state index contributed by atoms with van der Waals surface area (Å²) >= 11 is 0. The fourth-order valence-electron chi connectivity index (χ4n) is 1.42. The zero-order valence-corrected chi connectivity index (χ0v) is 10.6. The third kappa shape index (κ3) is 3.08. The topological polar surface area (TPSA) is 56.3 Å². The van der Waals surface area contributed by atoms with Gasteiger partial charge < -0.3 is 4.18 Å². The molecule has 0 aliphatic rings. The van der Waals surface area contributed by atoms with Crippen molar-refractivity contribution in [2.24, 2.45) is 0 Å². The minimum Gasteiger partial charge on any atom is -0.355 e. The molecule has 2 rings (SSSR count). The second-order valence-electron chi connectivity index (χ2n) is 3.73. The maximum Gasteiger partial charge on any atom is 0.534 e. The molecule has 4 nitrogen and oxygen atoms in total. The molecule has 0 unspecified atom stereocenters. The van der Waals surface area contributed by atoms with Crippen molar-refractivity contribution in [3.63, 3.8) is 0 Å². The molecular formula is C12H8F3NO3S. The highest BCUT2D eigenvalue weighted by atomic mass is 32.2. The van der Waals surface area contributed by atoms with Gasteiger partial charge in [0.15, 0.2) is 0 Å². The molecule has 106 valence electrons. The Hall–Kier alpha value is -2.09. The molecule has 20 heavy (non-hydrogen) atoms. The highest BCUT2D eigenvalue weighted by Gasteiger charge is 2.48. The van der Waals surface area contributed by atoms with E-state index in [-0.39, 0.29) is 0 Å². The number of alkyl halides is 3. The van der Waals surface area contributed by atoms with Crippen molar-refractivity contribution in [1.82, 2.24) is 4.98 Å². The number of aromatic nitrogens is 1. The Balaban J connectivity index is 2.33. The molecule has 1 aromatic heterocycles. The van der Waals surface area contributed by atoms with Gasteiger partial charge in [-0.1, -0.05) is 30.3 Å². The van der Waals surface area contributed by atoms with E-state index in [1.54, 1.807) is 30.3 Å². The van der Waals surface area contributed by atoms with Gasteiger partial charge in [-0.15, -0.1) is 0 Å². The van der Waals surface area contributed by atoms with Crippen molar-refractivity contribution in [2.75, 3.05) is 0 Å². The van der Waals surface area contributed by atoms with Crippen LogP contribution in [0.15, 0.2) is 48.7 Å². The molecule has 0 fully saturated rings. The maximum atomic E-state index is 12.2. The van der Waals surface area contributed by atoms with Crippen LogP contribution in [0.1, 0.15) is 0 Å². The summed E-state index contributed by atoms with van der Waals surface area (Å²) in [6, 6.07) is 11.3. The molecule has 1 aromatic carbocycles. The molecule has 8 heteroatoms. The smallest absolute Gasteiger partial charge is 0.355 e. The number of benzene rings is 1. The van der Waals surface area contributed by atoms with Crippen molar-refractivity contribution in [1.29, 1.82) is 0 Å². The van der Waals surface area contributed by atoms with E-state index >= 15 is 0 Å². The minimum absolute atomic E-state index is 0.493. The predicted molar refractivity (Wildman–Crippen MR) is 65.3 cm³/mol. The van der Waals surface area contributed by atoms with Crippen LogP contribution in [0.2, 0.25) is 0 Å². The molecule has 0 saturated carbocycles. The maximum absolute atomic E-state index is 12.2. The Morgan fingerprint density at radius 1 is 1.00 bits per heavy atom. The van der Waals surface area contributed by atoms with Crippen molar-refractivity contribution >= 4 is 10.1 Å². The Labute approximate surface area is 113 Å². The van der Waals surface area contributed by atoms with Gasteiger partial charge in [-0.05, 0) is 17.2 Å². The van der Waals surface area contributed by atoms with Crippen LogP contribution < -0.4 is 4.18 Å². The Kier molecular flexibility index (Phi) is 3.67. The van der Waals surface area contributed by atoms with Crippen LogP contribution in [0.5, 0.6) is 5.88 Å². The number of hydrogen-bond donors (Lipinski definition) is 0. The first-order chi connectivity index (χ1) is 9.29. The lowest BCUT2D eigenvalue weighted by Crippen LogP contribution is -2.28. The zero-order valence-electron chi connectivity index (χ0n) is 9.83. The summed E-state index contributed by atoms with van der Waals surface area (Å²) in [5.74, 6) is -0.635. The van der Waals surface area contributed by atoms with Gasteiger partial charge in [0.05, 0.1) is 0 Å². The SMILES string of the molecule is O=S(=O)(Oc1cc(-c2ccccc2)ccn1)C(F)(F)F. The quantitative estimate of drug-likeness (QED) is 0.646. The van der Waals surface area contributed by atoms with Crippen LogP contribution in [0.25, 0.3) is 11.1 Å². The minimum atomic E-state index is -5.71. The Morgan fingerprint density at radius 3 is 2.25 bits per heavy atom. The predicted octanol–water partition coefficient (Wildman–Crippen LogP) is 2.98. The average Bonchev–Trinajstić information content (AvgIpc) is 2.38. The summed E-state index contributed by atoms with van der Waals surface area (Å²) in [6.07, 6.45) is 1.17. The first kappa shape index (κ1) is 14.3. The third-order valence-corrected chi connectivity index (χ3v) is 3.28. The van der Waals surface area contributed by atoms with Gasteiger partial charge in [0, 0.05) is 12.3 Å². The van der Waals surface area contributed by atoms with E-state index < -0.39 is 21.5 Å². The monoisotopic (exact) mass is 303 g/mol. The van der Waals surface area contributed by atoms with Crippen molar-refractivity contribution in [2.45, 2.75) is 5.51 Å². The Bertz CT molecular complexity index is 699. The number of pyridine rings is 1. The lowest BCUT2D eigenvalue weighted by molar-refractivity contribution is -0.0501. The molecule has 0 radical (unpaired) electrons. The number of hydrogen-bond acceptors (Lipinski definition) is 4. The van der Waals surface area contributed by atoms with Crippen molar-refractivity contribution < 1.29 is 25.8 Å². The molecule has 0 saturated heterocycles. The number of halogens is 3. The van der Waals surface area contributed by atoms with Gasteiger partial charge in [0.1, 0.15) is 0 Å². The van der Waals surface area contributed by atoms with Gasteiger partial charge in [-0.3, -0.25) is 0 Å². The Morgan fingerprint density at radius 2 is 1.65 bits per heavy atom. The molecule has 0 atom stereocenters. The van der Waals surface area contributed by atoms with Crippen LogP contribution in [0, 0.1) is 0 Å². The first-order valence-corrected chi connectivity index (χ1v) is 6.73. The van der Waals surface area contributed by atoms with E-state index in [0.717, 1.165) is 6.07 Å². The summed E-state index contributed by atoms with van der Waals surface area (Å²) in [6.45, 7) is 0. The van der Waals surface area contributed by atoms with Gasteiger partial charge in [0.2, 0.25) is 5.88 Å². The van der Waals surface area contributed by atoms with Gasteiger partial charge in [-0.2, -0.15) is 21.6 Å². The molecular weight excluding hydrogens is 295 g/mol. The van der Waals surface area contributed by atoms with E-state index in [1.807, 2.05) is 0 Å². The van der Waals surface area contributed by atoms with Gasteiger partial charge >= 0.3 is 15.6 Å². The van der Waals surface area contributed by atoms with Crippen LogP contribution in [0.4, 0.5) is 13.2 Å². The van der Waals surface area contributed by atoms with Gasteiger partial charge in [0.25, 0.3) is 0 Å². The highest BCUT2D eigenvalue weighted by molar-refractivity contribution is 7.87. The van der Waals surface area contributed by atoms with Crippen LogP contribution in [0.3, 0.4) is 0 Å². The second-order valence-corrected chi connectivity index (χ2v) is 5.27. The number of rotatable bonds is 3. The van der Waals surface area contributed by atoms with Crippen LogP contribution >= 0.6 is 0 Å². The fourth-order valence-corrected chi connectivity index (χ4v) is 1.84. The standard InChI is InChI=1S/C12H8F3NO3S/c13-12(14,15)20(17,18)19-11-8-10(6-7-16-11)9-4-2-1-3-5-9/h1-8H. The van der Waals surface area contributed by atoms with Crippen molar-refractivity contribution in [3.8, 4) is 17.0 Å². The highest BCUT2D eigenvalue weighted by Crippen LogP contribution is 2.28.